The van der Waals surface area contributed by atoms with E-state index in [9.17, 15) is 9.90 Å². The molecule has 1 heterocycles. The first kappa shape index (κ1) is 16.8. The maximum Gasteiger partial charge on any atom is 0.122 e. The van der Waals surface area contributed by atoms with Gasteiger partial charge in [-0.3, -0.25) is 4.98 Å². The van der Waals surface area contributed by atoms with Gasteiger partial charge in [-0.15, -0.1) is 0 Å². The van der Waals surface area contributed by atoms with E-state index >= 15 is 0 Å². The Hall–Kier alpha value is -2.07. The van der Waals surface area contributed by atoms with Gasteiger partial charge >= 0.3 is 0 Å². The number of rotatable bonds is 6. The fraction of sp³-hybridized carbons (Fsp3) is 0.368. The molecule has 3 rings (SSSR count). The van der Waals surface area contributed by atoms with Gasteiger partial charge in [0.1, 0.15) is 5.75 Å². The molecule has 1 fully saturated rings. The number of pyridine rings is 1. The summed E-state index contributed by atoms with van der Waals surface area (Å²) < 4.78 is 6.01. The van der Waals surface area contributed by atoms with Crippen molar-refractivity contribution >= 4 is 17.6 Å². The number of nitrogens with zero attached hydrogens (tertiary/aromatic N) is 1. The molecule has 0 spiro atoms. The number of carbonyl (C=O) groups is 1. The molecule has 1 aromatic heterocycles. The number of aromatic carboxylic acids is 1. The van der Waals surface area contributed by atoms with Crippen LogP contribution in [0.3, 0.4) is 0 Å². The maximum atomic E-state index is 11.0. The average Bonchev–Trinajstić information content (AvgIpc) is 3.08. The Morgan fingerprint density at radius 3 is 2.79 bits per heavy atom. The van der Waals surface area contributed by atoms with Crippen LogP contribution < -0.4 is 9.84 Å². The SMILES string of the molecule is O=C([O-])c1cccc(Cc2cc(Cl)ccc2OCC2CCCC2)n1. The number of halogens is 1. The summed E-state index contributed by atoms with van der Waals surface area (Å²) in [5.41, 5.74) is 1.48. The van der Waals surface area contributed by atoms with Crippen LogP contribution in [-0.4, -0.2) is 17.6 Å². The van der Waals surface area contributed by atoms with Gasteiger partial charge < -0.3 is 14.6 Å². The van der Waals surface area contributed by atoms with Gasteiger partial charge in [0.15, 0.2) is 0 Å². The van der Waals surface area contributed by atoms with Crippen LogP contribution in [0.1, 0.15) is 47.4 Å². The number of hydrogen-bond donors (Lipinski definition) is 0. The maximum absolute atomic E-state index is 11.0. The second kappa shape index (κ2) is 7.67. The van der Waals surface area contributed by atoms with Crippen LogP contribution in [0, 0.1) is 5.92 Å². The van der Waals surface area contributed by atoms with E-state index < -0.39 is 5.97 Å². The first-order chi connectivity index (χ1) is 11.6. The van der Waals surface area contributed by atoms with E-state index in [2.05, 4.69) is 4.98 Å². The molecule has 0 saturated heterocycles. The van der Waals surface area contributed by atoms with Gasteiger partial charge in [-0.05, 0) is 49.1 Å². The van der Waals surface area contributed by atoms with Crippen molar-refractivity contribution < 1.29 is 14.6 Å². The third-order valence-electron chi connectivity index (χ3n) is 4.36. The van der Waals surface area contributed by atoms with E-state index in [1.807, 2.05) is 12.1 Å². The van der Waals surface area contributed by atoms with E-state index in [0.717, 1.165) is 11.3 Å². The third kappa shape index (κ3) is 4.26. The van der Waals surface area contributed by atoms with Crippen molar-refractivity contribution in [2.24, 2.45) is 5.92 Å². The van der Waals surface area contributed by atoms with Crippen molar-refractivity contribution in [2.75, 3.05) is 6.61 Å². The van der Waals surface area contributed by atoms with Crippen molar-refractivity contribution in [3.63, 3.8) is 0 Å². The fourth-order valence-electron chi connectivity index (χ4n) is 3.10. The highest BCUT2D eigenvalue weighted by atomic mass is 35.5. The van der Waals surface area contributed by atoms with Gasteiger partial charge in [-0.1, -0.05) is 30.5 Å². The van der Waals surface area contributed by atoms with Crippen molar-refractivity contribution in [3.8, 4) is 5.75 Å². The normalized spacial score (nSPS) is 14.7. The van der Waals surface area contributed by atoms with Gasteiger partial charge in [-0.25, -0.2) is 0 Å². The zero-order valence-corrected chi connectivity index (χ0v) is 14.1. The molecule has 126 valence electrons. The highest BCUT2D eigenvalue weighted by molar-refractivity contribution is 6.30. The smallest absolute Gasteiger partial charge is 0.122 e. The monoisotopic (exact) mass is 344 g/mol. The lowest BCUT2D eigenvalue weighted by Crippen LogP contribution is -2.23. The minimum Gasteiger partial charge on any atom is -0.543 e. The summed E-state index contributed by atoms with van der Waals surface area (Å²) in [5.74, 6) is 0.126. The predicted molar refractivity (Wildman–Crippen MR) is 90.3 cm³/mol. The van der Waals surface area contributed by atoms with Crippen LogP contribution in [0.15, 0.2) is 36.4 Å². The zero-order valence-electron chi connectivity index (χ0n) is 13.3. The van der Waals surface area contributed by atoms with Crippen LogP contribution >= 0.6 is 11.6 Å². The lowest BCUT2D eigenvalue weighted by Gasteiger charge is -2.15. The molecule has 1 aromatic carbocycles. The molecule has 1 aliphatic rings. The van der Waals surface area contributed by atoms with Crippen LogP contribution in [0.25, 0.3) is 0 Å². The summed E-state index contributed by atoms with van der Waals surface area (Å²) in [4.78, 5) is 15.1. The van der Waals surface area contributed by atoms with Crippen molar-refractivity contribution in [3.05, 3.63) is 58.4 Å². The lowest BCUT2D eigenvalue weighted by atomic mass is 10.1. The van der Waals surface area contributed by atoms with Crippen LogP contribution in [0.2, 0.25) is 5.02 Å². The van der Waals surface area contributed by atoms with Crippen LogP contribution in [-0.2, 0) is 6.42 Å². The molecule has 0 bridgehead atoms. The summed E-state index contributed by atoms with van der Waals surface area (Å²) in [5, 5.41) is 11.6. The molecular weight excluding hydrogens is 326 g/mol. The van der Waals surface area contributed by atoms with E-state index in [1.54, 1.807) is 18.2 Å². The second-order valence-electron chi connectivity index (χ2n) is 6.19. The first-order valence-electron chi connectivity index (χ1n) is 8.20. The first-order valence-corrected chi connectivity index (χ1v) is 8.58. The molecule has 1 saturated carbocycles. The summed E-state index contributed by atoms with van der Waals surface area (Å²) in [6.07, 6.45) is 5.46. The molecular formula is C19H19ClNO3-. The minimum absolute atomic E-state index is 0.0667. The Balaban J connectivity index is 1.77. The van der Waals surface area contributed by atoms with Crippen LogP contribution in [0.5, 0.6) is 5.75 Å². The Morgan fingerprint density at radius 2 is 2.04 bits per heavy atom. The zero-order chi connectivity index (χ0) is 16.9. The Bertz CT molecular complexity index is 726. The van der Waals surface area contributed by atoms with Gasteiger partial charge in [0.25, 0.3) is 0 Å². The summed E-state index contributed by atoms with van der Waals surface area (Å²) in [6.45, 7) is 0.709. The number of ether oxygens (including phenoxy) is 1. The molecule has 1 aliphatic carbocycles. The molecule has 0 unspecified atom stereocenters. The quantitative estimate of drug-likeness (QED) is 0.807. The van der Waals surface area contributed by atoms with E-state index in [4.69, 9.17) is 16.3 Å². The number of carboxylic acid groups (broad SMARTS) is 1. The number of carbonyl (C=O) groups excluding carboxylic acids is 1. The predicted octanol–water partition coefficient (Wildman–Crippen LogP) is 3.26. The van der Waals surface area contributed by atoms with Gasteiger partial charge in [0.2, 0.25) is 0 Å². The largest absolute Gasteiger partial charge is 0.543 e. The second-order valence-corrected chi connectivity index (χ2v) is 6.63. The lowest BCUT2D eigenvalue weighted by molar-refractivity contribution is -0.255. The van der Waals surface area contributed by atoms with Crippen molar-refractivity contribution in [1.82, 2.24) is 4.98 Å². The van der Waals surface area contributed by atoms with Crippen LogP contribution in [0.4, 0.5) is 0 Å². The molecule has 0 amide bonds. The topological polar surface area (TPSA) is 62.2 Å². The Kier molecular flexibility index (Phi) is 5.36. The number of hydrogen-bond acceptors (Lipinski definition) is 4. The highest BCUT2D eigenvalue weighted by Crippen LogP contribution is 2.29. The summed E-state index contributed by atoms with van der Waals surface area (Å²) in [6, 6.07) is 10.4. The molecule has 0 radical (unpaired) electrons. The van der Waals surface area contributed by atoms with Gasteiger partial charge in [0.05, 0.1) is 18.3 Å². The Labute approximate surface area is 146 Å². The molecule has 0 aliphatic heterocycles. The van der Waals surface area contributed by atoms with Crippen molar-refractivity contribution in [1.29, 1.82) is 0 Å². The molecule has 0 N–H and O–H groups in total. The van der Waals surface area contributed by atoms with Crippen molar-refractivity contribution in [2.45, 2.75) is 32.1 Å². The number of benzene rings is 1. The van der Waals surface area contributed by atoms with Gasteiger partial charge in [0, 0.05) is 22.7 Å². The number of aromatic nitrogens is 1. The molecule has 24 heavy (non-hydrogen) atoms. The average molecular weight is 345 g/mol. The Morgan fingerprint density at radius 1 is 1.25 bits per heavy atom. The molecule has 4 nitrogen and oxygen atoms in total. The number of carboxylic acids is 1. The van der Waals surface area contributed by atoms with Gasteiger partial charge in [-0.2, -0.15) is 0 Å². The standard InChI is InChI=1S/C19H20ClNO3/c20-15-8-9-18(24-12-13-4-1-2-5-13)14(10-15)11-16-6-3-7-17(21-16)19(22)23/h3,6-10,13H,1-2,4-5,11-12H2,(H,22,23)/p-1. The molecule has 5 heteroatoms. The highest BCUT2D eigenvalue weighted by Gasteiger charge is 2.16. The minimum atomic E-state index is -1.28. The van der Waals surface area contributed by atoms with E-state index in [-0.39, 0.29) is 5.69 Å². The fourth-order valence-corrected chi connectivity index (χ4v) is 3.29. The summed E-state index contributed by atoms with van der Waals surface area (Å²) >= 11 is 6.11. The molecule has 0 atom stereocenters. The third-order valence-corrected chi connectivity index (χ3v) is 4.59. The summed E-state index contributed by atoms with van der Waals surface area (Å²) in [7, 11) is 0. The molecule has 2 aromatic rings. The van der Waals surface area contributed by atoms with E-state index in [1.165, 1.54) is 31.7 Å². The van der Waals surface area contributed by atoms with E-state index in [0.29, 0.717) is 29.7 Å².